The topological polar surface area (TPSA) is 29.3 Å². The summed E-state index contributed by atoms with van der Waals surface area (Å²) in [7, 11) is 0. The zero-order valence-corrected chi connectivity index (χ0v) is 12.5. The van der Waals surface area contributed by atoms with Gasteiger partial charge < -0.3 is 5.73 Å². The summed E-state index contributed by atoms with van der Waals surface area (Å²) < 4.78 is 0. The van der Waals surface area contributed by atoms with Crippen molar-refractivity contribution < 1.29 is 0 Å². The molecule has 2 aliphatic rings. The van der Waals surface area contributed by atoms with Gasteiger partial charge in [0.15, 0.2) is 0 Å². The molecule has 2 heteroatoms. The maximum Gasteiger partial charge on any atom is 0.0332 e. The molecule has 0 amide bonds. The molecule has 2 nitrogen and oxygen atoms in total. The van der Waals surface area contributed by atoms with Crippen LogP contribution in [0, 0.1) is 5.92 Å². The number of piperidine rings is 1. The summed E-state index contributed by atoms with van der Waals surface area (Å²) in [5.74, 6) is 0.974. The number of fused-ring (bicyclic) bond motifs is 1. The van der Waals surface area contributed by atoms with Crippen LogP contribution < -0.4 is 5.73 Å². The Morgan fingerprint density at radius 3 is 2.50 bits per heavy atom. The first-order valence-electron chi connectivity index (χ1n) is 8.24. The van der Waals surface area contributed by atoms with E-state index < -0.39 is 0 Å². The van der Waals surface area contributed by atoms with E-state index in [9.17, 15) is 0 Å². The molecule has 0 spiro atoms. The van der Waals surface area contributed by atoms with E-state index in [0.29, 0.717) is 5.54 Å². The lowest BCUT2D eigenvalue weighted by atomic mass is 9.74. The third kappa shape index (κ3) is 2.60. The molecule has 2 rings (SSSR count). The van der Waals surface area contributed by atoms with Crippen LogP contribution in [0.2, 0.25) is 0 Å². The summed E-state index contributed by atoms with van der Waals surface area (Å²) in [6.45, 7) is 6.80. The van der Waals surface area contributed by atoms with Crippen molar-refractivity contribution in [2.45, 2.75) is 83.2 Å². The Labute approximate surface area is 113 Å². The van der Waals surface area contributed by atoms with Gasteiger partial charge in [0, 0.05) is 18.1 Å². The van der Waals surface area contributed by atoms with Gasteiger partial charge in [-0.3, -0.25) is 4.90 Å². The molecule has 3 unspecified atom stereocenters. The van der Waals surface area contributed by atoms with E-state index in [1.165, 1.54) is 64.3 Å². The van der Waals surface area contributed by atoms with E-state index in [2.05, 4.69) is 18.7 Å². The summed E-state index contributed by atoms with van der Waals surface area (Å²) in [6.07, 6.45) is 12.4. The van der Waals surface area contributed by atoms with Crippen molar-refractivity contribution in [2.75, 3.05) is 13.1 Å². The van der Waals surface area contributed by atoms with Gasteiger partial charge in [0.2, 0.25) is 0 Å². The van der Waals surface area contributed by atoms with Gasteiger partial charge in [0.1, 0.15) is 0 Å². The quantitative estimate of drug-likeness (QED) is 0.811. The van der Waals surface area contributed by atoms with E-state index in [1.807, 2.05) is 0 Å². The molecule has 1 heterocycles. The van der Waals surface area contributed by atoms with Crippen molar-refractivity contribution in [1.82, 2.24) is 4.90 Å². The molecule has 1 aliphatic carbocycles. The molecule has 1 saturated carbocycles. The van der Waals surface area contributed by atoms with Crippen molar-refractivity contribution in [3.05, 3.63) is 0 Å². The predicted octanol–water partition coefficient (Wildman–Crippen LogP) is 3.55. The molecular weight excluding hydrogens is 220 g/mol. The second-order valence-electron chi connectivity index (χ2n) is 6.48. The highest BCUT2D eigenvalue weighted by atomic mass is 15.2. The zero-order valence-electron chi connectivity index (χ0n) is 12.5. The van der Waals surface area contributed by atoms with Crippen molar-refractivity contribution in [2.24, 2.45) is 11.7 Å². The lowest BCUT2D eigenvalue weighted by Crippen LogP contribution is -2.61. The van der Waals surface area contributed by atoms with Gasteiger partial charge >= 0.3 is 0 Å². The average molecular weight is 252 g/mol. The largest absolute Gasteiger partial charge is 0.329 e. The first kappa shape index (κ1) is 14.3. The molecule has 18 heavy (non-hydrogen) atoms. The minimum Gasteiger partial charge on any atom is -0.329 e. The maximum absolute atomic E-state index is 6.22. The predicted molar refractivity (Wildman–Crippen MR) is 78.7 cm³/mol. The highest BCUT2D eigenvalue weighted by molar-refractivity contribution is 4.98. The molecule has 1 aliphatic heterocycles. The molecule has 0 bridgehead atoms. The van der Waals surface area contributed by atoms with Crippen LogP contribution in [0.25, 0.3) is 0 Å². The monoisotopic (exact) mass is 252 g/mol. The third-order valence-electron chi connectivity index (χ3n) is 5.61. The van der Waals surface area contributed by atoms with E-state index in [1.54, 1.807) is 0 Å². The Hall–Kier alpha value is -0.0800. The van der Waals surface area contributed by atoms with Crippen LogP contribution in [0.5, 0.6) is 0 Å². The Morgan fingerprint density at radius 1 is 1.11 bits per heavy atom. The molecule has 0 aromatic heterocycles. The number of nitrogens with two attached hydrogens (primary N) is 1. The van der Waals surface area contributed by atoms with Crippen LogP contribution in [0.15, 0.2) is 0 Å². The molecule has 0 radical (unpaired) electrons. The molecule has 2 N–H and O–H groups in total. The second kappa shape index (κ2) is 6.38. The number of hydrogen-bond donors (Lipinski definition) is 1. The minimum absolute atomic E-state index is 0.301. The summed E-state index contributed by atoms with van der Waals surface area (Å²) in [5.41, 5.74) is 6.52. The fraction of sp³-hybridized carbons (Fsp3) is 1.00. The van der Waals surface area contributed by atoms with Crippen LogP contribution >= 0.6 is 0 Å². The van der Waals surface area contributed by atoms with Gasteiger partial charge in [-0.05, 0) is 51.0 Å². The maximum atomic E-state index is 6.22. The highest BCUT2D eigenvalue weighted by Gasteiger charge is 2.42. The Morgan fingerprint density at radius 2 is 1.83 bits per heavy atom. The second-order valence-corrected chi connectivity index (χ2v) is 6.48. The van der Waals surface area contributed by atoms with Crippen LogP contribution in [0.1, 0.15) is 71.6 Å². The van der Waals surface area contributed by atoms with Crippen molar-refractivity contribution in [3.8, 4) is 0 Å². The van der Waals surface area contributed by atoms with Gasteiger partial charge in [-0.25, -0.2) is 0 Å². The van der Waals surface area contributed by atoms with Crippen LogP contribution in [-0.4, -0.2) is 29.6 Å². The number of likely N-dealkylation sites (tertiary alicyclic amines) is 1. The van der Waals surface area contributed by atoms with Gasteiger partial charge in [-0.1, -0.05) is 33.1 Å². The summed E-state index contributed by atoms with van der Waals surface area (Å²) >= 11 is 0. The molecule has 106 valence electrons. The summed E-state index contributed by atoms with van der Waals surface area (Å²) in [5, 5.41) is 0. The van der Waals surface area contributed by atoms with Crippen molar-refractivity contribution in [3.63, 3.8) is 0 Å². The third-order valence-corrected chi connectivity index (χ3v) is 5.61. The molecule has 0 aromatic rings. The number of rotatable bonds is 5. The average Bonchev–Trinajstić information content (AvgIpc) is 2.44. The van der Waals surface area contributed by atoms with Crippen molar-refractivity contribution in [1.29, 1.82) is 0 Å². The molecule has 0 aromatic carbocycles. The van der Waals surface area contributed by atoms with E-state index in [-0.39, 0.29) is 0 Å². The Balaban J connectivity index is 2.16. The first-order valence-corrected chi connectivity index (χ1v) is 8.24. The van der Waals surface area contributed by atoms with Crippen LogP contribution in [-0.2, 0) is 0 Å². The van der Waals surface area contributed by atoms with Gasteiger partial charge in [-0.15, -0.1) is 0 Å². The highest BCUT2D eigenvalue weighted by Crippen LogP contribution is 2.40. The Bertz CT molecular complexity index is 245. The SMILES string of the molecule is CCCC(CC)(CN)N1CCCC2CCCCC21. The molecule has 2 fully saturated rings. The lowest BCUT2D eigenvalue weighted by molar-refractivity contribution is -0.0322. The van der Waals surface area contributed by atoms with Crippen LogP contribution in [0.4, 0.5) is 0 Å². The molecule has 1 saturated heterocycles. The number of nitrogens with zero attached hydrogens (tertiary/aromatic N) is 1. The molecule has 3 atom stereocenters. The normalized spacial score (nSPS) is 32.8. The van der Waals surface area contributed by atoms with E-state index in [4.69, 9.17) is 5.73 Å². The van der Waals surface area contributed by atoms with Gasteiger partial charge in [0.25, 0.3) is 0 Å². The lowest BCUT2D eigenvalue weighted by Gasteiger charge is -2.53. The Kier molecular flexibility index (Phi) is 5.08. The molecular formula is C16H32N2. The fourth-order valence-corrected chi connectivity index (χ4v) is 4.57. The fourth-order valence-electron chi connectivity index (χ4n) is 4.57. The summed E-state index contributed by atoms with van der Waals surface area (Å²) in [6, 6.07) is 0.850. The van der Waals surface area contributed by atoms with E-state index in [0.717, 1.165) is 18.5 Å². The van der Waals surface area contributed by atoms with Crippen LogP contribution in [0.3, 0.4) is 0 Å². The number of hydrogen-bond acceptors (Lipinski definition) is 2. The first-order chi connectivity index (χ1) is 8.77. The zero-order chi connectivity index (χ0) is 13.0. The smallest absolute Gasteiger partial charge is 0.0332 e. The van der Waals surface area contributed by atoms with Gasteiger partial charge in [-0.2, -0.15) is 0 Å². The standard InChI is InChI=1S/C16H32N2/c1-3-11-16(4-2,13-17)18-12-7-9-14-8-5-6-10-15(14)18/h14-15H,3-13,17H2,1-2H3. The van der Waals surface area contributed by atoms with Gasteiger partial charge in [0.05, 0.1) is 0 Å². The summed E-state index contributed by atoms with van der Waals surface area (Å²) in [4.78, 5) is 2.85. The minimum atomic E-state index is 0.301. The van der Waals surface area contributed by atoms with E-state index >= 15 is 0 Å². The van der Waals surface area contributed by atoms with Crippen molar-refractivity contribution >= 4 is 0 Å².